The van der Waals surface area contributed by atoms with Crippen LogP contribution in [0.3, 0.4) is 0 Å². The molecule has 28 heavy (non-hydrogen) atoms. The molecule has 0 amide bonds. The second-order valence-corrected chi connectivity index (χ2v) is 7.45. The Morgan fingerprint density at radius 2 is 1.96 bits per heavy atom. The number of ketones is 1. The molecule has 0 aliphatic heterocycles. The Labute approximate surface area is 167 Å². The Kier molecular flexibility index (Phi) is 8.04. The Balaban J connectivity index is 0.00000136. The summed E-state index contributed by atoms with van der Waals surface area (Å²) in [5.41, 5.74) is 1.37. The fraction of sp³-hybridized carbons (Fsp3) is 0.500. The number of carbonyl (C=O) groups excluding carboxylic acids is 1. The van der Waals surface area contributed by atoms with Gasteiger partial charge in [0.2, 0.25) is 0 Å². The van der Waals surface area contributed by atoms with Gasteiger partial charge in [-0.15, -0.1) is 0 Å². The number of Topliss-reactive ketones (excluding diaryl/α,β-unsaturated/α-hetero) is 1. The van der Waals surface area contributed by atoms with Gasteiger partial charge >= 0.3 is 5.63 Å². The topological polar surface area (TPSA) is 56.5 Å². The number of carbonyl (C=O) groups is 1. The van der Waals surface area contributed by atoms with Crippen LogP contribution >= 0.6 is 0 Å². The molecule has 1 aliphatic carbocycles. The molecule has 4 heteroatoms. The summed E-state index contributed by atoms with van der Waals surface area (Å²) >= 11 is 0. The largest absolute Gasteiger partial charge is 0.493 e. The number of hydrogen-bond acceptors (Lipinski definition) is 4. The molecule has 152 valence electrons. The maximum absolute atomic E-state index is 11.4. The van der Waals surface area contributed by atoms with E-state index in [1.807, 2.05) is 26.0 Å². The van der Waals surface area contributed by atoms with Crippen molar-refractivity contribution < 1.29 is 13.9 Å². The zero-order valence-corrected chi connectivity index (χ0v) is 17.5. The fourth-order valence-electron chi connectivity index (χ4n) is 3.93. The van der Waals surface area contributed by atoms with Crippen LogP contribution in [0.15, 0.2) is 51.7 Å². The monoisotopic (exact) mass is 384 g/mol. The zero-order valence-electron chi connectivity index (χ0n) is 17.5. The van der Waals surface area contributed by atoms with E-state index in [1.54, 1.807) is 19.1 Å². The van der Waals surface area contributed by atoms with Gasteiger partial charge < -0.3 is 13.9 Å². The summed E-state index contributed by atoms with van der Waals surface area (Å²) in [7, 11) is 0. The second-order valence-electron chi connectivity index (χ2n) is 7.45. The van der Waals surface area contributed by atoms with Gasteiger partial charge in [0.25, 0.3) is 0 Å². The average molecular weight is 385 g/mol. The molecule has 1 aliphatic rings. The number of benzene rings is 1. The highest BCUT2D eigenvalue weighted by Gasteiger charge is 2.33. The third-order valence-electron chi connectivity index (χ3n) is 5.55. The smallest absolute Gasteiger partial charge is 0.336 e. The third kappa shape index (κ3) is 5.57. The predicted octanol–water partition coefficient (Wildman–Crippen LogP) is 5.79. The van der Waals surface area contributed by atoms with E-state index in [1.165, 1.54) is 11.6 Å². The summed E-state index contributed by atoms with van der Waals surface area (Å²) in [4.78, 5) is 22.8. The lowest BCUT2D eigenvalue weighted by Crippen LogP contribution is -2.32. The first-order valence-electron chi connectivity index (χ1n) is 10.3. The van der Waals surface area contributed by atoms with Crippen molar-refractivity contribution >= 4 is 16.8 Å². The maximum atomic E-state index is 11.4. The van der Waals surface area contributed by atoms with Gasteiger partial charge in [-0.3, -0.25) is 0 Å². The molecule has 3 atom stereocenters. The van der Waals surface area contributed by atoms with E-state index in [9.17, 15) is 9.59 Å². The molecule has 1 aromatic carbocycles. The fourth-order valence-corrected chi connectivity index (χ4v) is 3.93. The van der Waals surface area contributed by atoms with E-state index in [2.05, 4.69) is 13.5 Å². The molecule has 3 rings (SSSR count). The highest BCUT2D eigenvalue weighted by Crippen LogP contribution is 2.40. The van der Waals surface area contributed by atoms with Gasteiger partial charge in [-0.2, -0.15) is 0 Å². The highest BCUT2D eigenvalue weighted by molar-refractivity contribution is 5.77. The number of hydrogen-bond donors (Lipinski definition) is 0. The van der Waals surface area contributed by atoms with Gasteiger partial charge in [0.05, 0.1) is 6.61 Å². The first-order chi connectivity index (χ1) is 13.4. The Bertz CT molecular complexity index is 864. The van der Waals surface area contributed by atoms with Crippen molar-refractivity contribution in [2.24, 2.45) is 17.8 Å². The molecule has 1 aromatic heterocycles. The summed E-state index contributed by atoms with van der Waals surface area (Å²) in [6.07, 6.45) is 3.63. The van der Waals surface area contributed by atoms with Crippen LogP contribution in [-0.2, 0) is 4.79 Å². The zero-order chi connectivity index (χ0) is 20.7. The summed E-state index contributed by atoms with van der Waals surface area (Å²) in [6, 6.07) is 8.70. The lowest BCUT2D eigenvalue weighted by molar-refractivity contribution is -0.117. The molecular weight excluding hydrogens is 352 g/mol. The Morgan fingerprint density at radius 3 is 2.68 bits per heavy atom. The molecule has 1 fully saturated rings. The standard InChI is InChI=1S/C22H26O4.C2H6/c1-14-4-5-15(2)20(19(14)10-6-16(3)23)13-25-18-9-7-17-8-11-22(24)26-21(17)12-18;1-2/h7-9,11-12,14,19-20H,2,4-6,10,13H2,1,3H3;1-2H3. The minimum absolute atomic E-state index is 0.234. The molecule has 0 spiro atoms. The van der Waals surface area contributed by atoms with Crippen LogP contribution in [0.1, 0.15) is 53.4 Å². The molecule has 1 heterocycles. The summed E-state index contributed by atoms with van der Waals surface area (Å²) in [5, 5.41) is 0.868. The lowest BCUT2D eigenvalue weighted by Gasteiger charge is -2.38. The molecule has 0 bridgehead atoms. The van der Waals surface area contributed by atoms with Crippen LogP contribution in [0.4, 0.5) is 0 Å². The minimum Gasteiger partial charge on any atom is -0.493 e. The number of ether oxygens (including phenoxy) is 1. The van der Waals surface area contributed by atoms with Crippen molar-refractivity contribution in [2.45, 2.75) is 53.4 Å². The number of rotatable bonds is 6. The predicted molar refractivity (Wildman–Crippen MR) is 114 cm³/mol. The van der Waals surface area contributed by atoms with Gasteiger partial charge in [0.15, 0.2) is 0 Å². The van der Waals surface area contributed by atoms with Crippen molar-refractivity contribution in [2.75, 3.05) is 6.61 Å². The van der Waals surface area contributed by atoms with Crippen LogP contribution in [-0.4, -0.2) is 12.4 Å². The normalized spacial score (nSPS) is 21.7. The maximum Gasteiger partial charge on any atom is 0.336 e. The average Bonchev–Trinajstić information content (AvgIpc) is 2.68. The number of fused-ring (bicyclic) bond motifs is 1. The van der Waals surface area contributed by atoms with Crippen molar-refractivity contribution in [1.29, 1.82) is 0 Å². The first-order valence-corrected chi connectivity index (χ1v) is 10.3. The van der Waals surface area contributed by atoms with Gasteiger partial charge in [-0.1, -0.05) is 32.9 Å². The van der Waals surface area contributed by atoms with Crippen LogP contribution in [0.25, 0.3) is 11.0 Å². The van der Waals surface area contributed by atoms with Crippen molar-refractivity contribution in [3.05, 3.63) is 52.9 Å². The minimum atomic E-state index is -0.367. The van der Waals surface area contributed by atoms with Crippen LogP contribution in [0.5, 0.6) is 5.75 Å². The molecule has 2 aromatic rings. The Morgan fingerprint density at radius 1 is 1.25 bits per heavy atom. The second kappa shape index (κ2) is 10.3. The molecule has 0 radical (unpaired) electrons. The third-order valence-corrected chi connectivity index (χ3v) is 5.55. The van der Waals surface area contributed by atoms with Gasteiger partial charge in [-0.05, 0) is 56.2 Å². The molecule has 0 saturated heterocycles. The van der Waals surface area contributed by atoms with E-state index >= 15 is 0 Å². The van der Waals surface area contributed by atoms with E-state index in [0.29, 0.717) is 36.2 Å². The van der Waals surface area contributed by atoms with Crippen LogP contribution < -0.4 is 10.4 Å². The summed E-state index contributed by atoms with van der Waals surface area (Å²) in [5.74, 6) is 2.14. The summed E-state index contributed by atoms with van der Waals surface area (Å²) in [6.45, 7) is 12.7. The summed E-state index contributed by atoms with van der Waals surface area (Å²) < 4.78 is 11.3. The van der Waals surface area contributed by atoms with Crippen LogP contribution in [0.2, 0.25) is 0 Å². The molecule has 0 N–H and O–H groups in total. The quantitative estimate of drug-likeness (QED) is 0.467. The van der Waals surface area contributed by atoms with E-state index in [-0.39, 0.29) is 17.3 Å². The van der Waals surface area contributed by atoms with Crippen molar-refractivity contribution in [3.8, 4) is 5.75 Å². The van der Waals surface area contributed by atoms with E-state index in [4.69, 9.17) is 9.15 Å². The molecule has 1 saturated carbocycles. The van der Waals surface area contributed by atoms with Crippen LogP contribution in [0, 0.1) is 17.8 Å². The lowest BCUT2D eigenvalue weighted by atomic mass is 9.69. The SMILES string of the molecule is C=C1CCC(C)C(CCC(C)=O)C1COc1ccc2ccc(=O)oc2c1.CC. The van der Waals surface area contributed by atoms with Crippen molar-refractivity contribution in [3.63, 3.8) is 0 Å². The van der Waals surface area contributed by atoms with Gasteiger partial charge in [0.1, 0.15) is 17.1 Å². The molecule has 4 nitrogen and oxygen atoms in total. The first kappa shape index (κ1) is 21.9. The molecular formula is C24H32O4. The van der Waals surface area contributed by atoms with E-state index in [0.717, 1.165) is 24.6 Å². The van der Waals surface area contributed by atoms with Gasteiger partial charge in [-0.25, -0.2) is 4.79 Å². The van der Waals surface area contributed by atoms with Crippen molar-refractivity contribution in [1.82, 2.24) is 0 Å². The Hall–Kier alpha value is -2.36. The highest BCUT2D eigenvalue weighted by atomic mass is 16.5. The van der Waals surface area contributed by atoms with E-state index < -0.39 is 0 Å². The molecule has 3 unspecified atom stereocenters. The van der Waals surface area contributed by atoms with Gasteiger partial charge in [0, 0.05) is 29.9 Å².